The predicted octanol–water partition coefficient (Wildman–Crippen LogP) is 2.31. The summed E-state index contributed by atoms with van der Waals surface area (Å²) in [6.45, 7) is 11.1. The molecule has 0 bridgehead atoms. The summed E-state index contributed by atoms with van der Waals surface area (Å²) in [7, 11) is 0. The second-order valence-corrected chi connectivity index (χ2v) is 4.89. The number of hydrogen-bond donors (Lipinski definition) is 2. The van der Waals surface area contributed by atoms with Crippen molar-refractivity contribution in [3.05, 3.63) is 0 Å². The molecule has 0 aromatic rings. The van der Waals surface area contributed by atoms with Crippen LogP contribution in [0, 0.1) is 5.92 Å². The molecule has 0 saturated carbocycles. The van der Waals surface area contributed by atoms with Crippen LogP contribution < -0.4 is 10.6 Å². The molecule has 4 heteroatoms. The Balaban J connectivity index is 3.43. The maximum atomic E-state index is 5.25. The van der Waals surface area contributed by atoms with Gasteiger partial charge in [0.1, 0.15) is 0 Å². The second-order valence-electron chi connectivity index (χ2n) is 4.48. The highest BCUT2D eigenvalue weighted by Crippen LogP contribution is 2.03. The standard InChI is InChI=1S/C12H26N2OS/c1-5-15-8-6-7-13-12(16)14-11(4)9-10(2)3/h10-11H,5-9H2,1-4H3,(H2,13,14,16). The Morgan fingerprint density at radius 3 is 2.56 bits per heavy atom. The molecule has 0 aromatic heterocycles. The van der Waals surface area contributed by atoms with Crippen LogP contribution in [0.25, 0.3) is 0 Å². The van der Waals surface area contributed by atoms with E-state index < -0.39 is 0 Å². The first-order chi connectivity index (χ1) is 7.56. The van der Waals surface area contributed by atoms with E-state index in [9.17, 15) is 0 Å². The van der Waals surface area contributed by atoms with Crippen molar-refractivity contribution in [2.45, 2.75) is 46.6 Å². The van der Waals surface area contributed by atoms with Gasteiger partial charge in [0.15, 0.2) is 5.11 Å². The van der Waals surface area contributed by atoms with Crippen molar-refractivity contribution < 1.29 is 4.74 Å². The van der Waals surface area contributed by atoms with Gasteiger partial charge in [-0.2, -0.15) is 0 Å². The fourth-order valence-electron chi connectivity index (χ4n) is 1.56. The van der Waals surface area contributed by atoms with Gasteiger partial charge in [0, 0.05) is 25.8 Å². The predicted molar refractivity (Wildman–Crippen MR) is 73.8 cm³/mol. The van der Waals surface area contributed by atoms with Gasteiger partial charge in [-0.25, -0.2) is 0 Å². The molecule has 0 amide bonds. The Morgan fingerprint density at radius 1 is 1.31 bits per heavy atom. The molecule has 1 atom stereocenters. The summed E-state index contributed by atoms with van der Waals surface area (Å²) in [5, 5.41) is 7.22. The van der Waals surface area contributed by atoms with E-state index in [4.69, 9.17) is 17.0 Å². The Labute approximate surface area is 105 Å². The Bertz CT molecular complexity index is 186. The number of rotatable bonds is 8. The SMILES string of the molecule is CCOCCCNC(=S)NC(C)CC(C)C. The first-order valence-corrected chi connectivity index (χ1v) is 6.59. The van der Waals surface area contributed by atoms with Gasteiger partial charge in [0.2, 0.25) is 0 Å². The summed E-state index contributed by atoms with van der Waals surface area (Å²) in [6, 6.07) is 0.437. The largest absolute Gasteiger partial charge is 0.382 e. The molecule has 0 aliphatic heterocycles. The van der Waals surface area contributed by atoms with E-state index in [-0.39, 0.29) is 0 Å². The van der Waals surface area contributed by atoms with E-state index in [1.165, 1.54) is 0 Å². The molecule has 0 saturated heterocycles. The highest BCUT2D eigenvalue weighted by molar-refractivity contribution is 7.80. The van der Waals surface area contributed by atoms with Gasteiger partial charge in [-0.15, -0.1) is 0 Å². The van der Waals surface area contributed by atoms with Gasteiger partial charge in [-0.05, 0) is 44.8 Å². The maximum absolute atomic E-state index is 5.25. The van der Waals surface area contributed by atoms with Crippen LogP contribution in [0.2, 0.25) is 0 Å². The molecule has 0 aromatic carbocycles. The van der Waals surface area contributed by atoms with Gasteiger partial charge in [-0.3, -0.25) is 0 Å². The fourth-order valence-corrected chi connectivity index (χ4v) is 1.86. The first kappa shape index (κ1) is 15.7. The summed E-state index contributed by atoms with van der Waals surface area (Å²) < 4.78 is 5.25. The average molecular weight is 246 g/mol. The van der Waals surface area contributed by atoms with Crippen molar-refractivity contribution in [2.75, 3.05) is 19.8 Å². The molecule has 0 radical (unpaired) electrons. The van der Waals surface area contributed by atoms with Gasteiger partial charge < -0.3 is 15.4 Å². The number of nitrogens with one attached hydrogen (secondary N) is 2. The topological polar surface area (TPSA) is 33.3 Å². The van der Waals surface area contributed by atoms with Crippen molar-refractivity contribution in [3.8, 4) is 0 Å². The van der Waals surface area contributed by atoms with E-state index in [1.54, 1.807) is 0 Å². The van der Waals surface area contributed by atoms with Crippen LogP contribution >= 0.6 is 12.2 Å². The van der Waals surface area contributed by atoms with E-state index in [0.29, 0.717) is 12.0 Å². The van der Waals surface area contributed by atoms with Gasteiger partial charge in [0.05, 0.1) is 0 Å². The lowest BCUT2D eigenvalue weighted by molar-refractivity contribution is 0.145. The van der Waals surface area contributed by atoms with Crippen molar-refractivity contribution in [3.63, 3.8) is 0 Å². The molecule has 16 heavy (non-hydrogen) atoms. The summed E-state index contributed by atoms with van der Waals surface area (Å²) >= 11 is 5.20. The molecule has 0 aliphatic rings. The third-order valence-electron chi connectivity index (χ3n) is 2.16. The number of hydrogen-bond acceptors (Lipinski definition) is 2. The van der Waals surface area contributed by atoms with Crippen molar-refractivity contribution in [1.82, 2.24) is 10.6 Å². The van der Waals surface area contributed by atoms with E-state index >= 15 is 0 Å². The zero-order chi connectivity index (χ0) is 12.4. The van der Waals surface area contributed by atoms with E-state index in [0.717, 1.165) is 37.7 Å². The van der Waals surface area contributed by atoms with E-state index in [2.05, 4.69) is 31.4 Å². The average Bonchev–Trinajstić information content (AvgIpc) is 2.15. The molecule has 0 fully saturated rings. The van der Waals surface area contributed by atoms with Gasteiger partial charge in [-0.1, -0.05) is 13.8 Å². The molecule has 0 spiro atoms. The zero-order valence-corrected chi connectivity index (χ0v) is 11.8. The minimum Gasteiger partial charge on any atom is -0.382 e. The summed E-state index contributed by atoms with van der Waals surface area (Å²) in [4.78, 5) is 0. The highest BCUT2D eigenvalue weighted by Gasteiger charge is 2.05. The zero-order valence-electron chi connectivity index (χ0n) is 11.0. The molecule has 96 valence electrons. The quantitative estimate of drug-likeness (QED) is 0.509. The Kier molecular flexibility index (Phi) is 9.63. The Morgan fingerprint density at radius 2 is 2.00 bits per heavy atom. The van der Waals surface area contributed by atoms with Gasteiger partial charge >= 0.3 is 0 Å². The Hall–Kier alpha value is -0.350. The number of thiocarbonyl (C=S) groups is 1. The molecule has 1 unspecified atom stereocenters. The lowest BCUT2D eigenvalue weighted by Gasteiger charge is -2.18. The summed E-state index contributed by atoms with van der Waals surface area (Å²) in [5.74, 6) is 0.697. The van der Waals surface area contributed by atoms with Crippen LogP contribution in [0.15, 0.2) is 0 Å². The lowest BCUT2D eigenvalue weighted by Crippen LogP contribution is -2.41. The monoisotopic (exact) mass is 246 g/mol. The number of ether oxygens (including phenoxy) is 1. The smallest absolute Gasteiger partial charge is 0.166 e. The summed E-state index contributed by atoms with van der Waals surface area (Å²) in [6.07, 6.45) is 2.13. The van der Waals surface area contributed by atoms with Crippen LogP contribution in [0.5, 0.6) is 0 Å². The molecule has 0 aliphatic carbocycles. The lowest BCUT2D eigenvalue weighted by atomic mass is 10.1. The normalized spacial score (nSPS) is 12.6. The van der Waals surface area contributed by atoms with Crippen molar-refractivity contribution in [2.24, 2.45) is 5.92 Å². The van der Waals surface area contributed by atoms with Crippen LogP contribution in [0.4, 0.5) is 0 Å². The molecule has 2 N–H and O–H groups in total. The van der Waals surface area contributed by atoms with E-state index in [1.807, 2.05) is 6.92 Å². The third kappa shape index (κ3) is 10.2. The van der Waals surface area contributed by atoms with Crippen molar-refractivity contribution >= 4 is 17.3 Å². The van der Waals surface area contributed by atoms with Crippen LogP contribution in [0.1, 0.15) is 40.5 Å². The molecule has 0 rings (SSSR count). The maximum Gasteiger partial charge on any atom is 0.166 e. The minimum atomic E-state index is 0.437. The van der Waals surface area contributed by atoms with Crippen LogP contribution in [-0.4, -0.2) is 30.9 Å². The van der Waals surface area contributed by atoms with Crippen LogP contribution in [0.3, 0.4) is 0 Å². The minimum absolute atomic E-state index is 0.437. The fraction of sp³-hybridized carbons (Fsp3) is 0.917. The van der Waals surface area contributed by atoms with Crippen LogP contribution in [-0.2, 0) is 4.74 Å². The molecular formula is C12H26N2OS. The second kappa shape index (κ2) is 9.85. The van der Waals surface area contributed by atoms with Gasteiger partial charge in [0.25, 0.3) is 0 Å². The summed E-state index contributed by atoms with van der Waals surface area (Å²) in [5.41, 5.74) is 0. The third-order valence-corrected chi connectivity index (χ3v) is 2.42. The highest BCUT2D eigenvalue weighted by atomic mass is 32.1. The molecule has 0 heterocycles. The first-order valence-electron chi connectivity index (χ1n) is 6.18. The molecular weight excluding hydrogens is 220 g/mol. The molecule has 3 nitrogen and oxygen atoms in total. The van der Waals surface area contributed by atoms with Crippen molar-refractivity contribution in [1.29, 1.82) is 0 Å².